The van der Waals surface area contributed by atoms with Gasteiger partial charge in [0.1, 0.15) is 0 Å². The Morgan fingerprint density at radius 2 is 1.81 bits per heavy atom. The third-order valence-corrected chi connectivity index (χ3v) is 5.73. The van der Waals surface area contributed by atoms with Crippen molar-refractivity contribution in [3.63, 3.8) is 0 Å². The number of hydrogen-bond acceptors (Lipinski definition) is 2. The summed E-state index contributed by atoms with van der Waals surface area (Å²) in [7, 11) is 0. The highest BCUT2D eigenvalue weighted by molar-refractivity contribution is 5.76. The number of carbonyl (C=O) groups is 1. The highest BCUT2D eigenvalue weighted by Gasteiger charge is 2.33. The van der Waals surface area contributed by atoms with Crippen LogP contribution in [0.5, 0.6) is 0 Å². The molecular formula is C18H32N2O. The fraction of sp³-hybridized carbons (Fsp3) is 0.944. The summed E-state index contributed by atoms with van der Waals surface area (Å²) in [5.41, 5.74) is 0. The van der Waals surface area contributed by atoms with Gasteiger partial charge in [-0.2, -0.15) is 0 Å². The standard InChI is InChI=1S/C18H32N2O/c1-2-18(21)20-12-16(9-14-7-8-14)10-17(13-20)19-11-15-5-3-4-6-15/h14-17,19H,2-13H2,1H3. The molecule has 2 unspecified atom stereocenters. The summed E-state index contributed by atoms with van der Waals surface area (Å²) in [4.78, 5) is 14.3. The van der Waals surface area contributed by atoms with E-state index in [1.54, 1.807) is 0 Å². The minimum Gasteiger partial charge on any atom is -0.341 e. The summed E-state index contributed by atoms with van der Waals surface area (Å²) < 4.78 is 0. The third-order valence-electron chi connectivity index (χ3n) is 5.73. The number of hydrogen-bond donors (Lipinski definition) is 1. The van der Waals surface area contributed by atoms with Crippen LogP contribution in [0.3, 0.4) is 0 Å². The van der Waals surface area contributed by atoms with Crippen molar-refractivity contribution in [1.82, 2.24) is 10.2 Å². The number of piperidine rings is 1. The van der Waals surface area contributed by atoms with E-state index in [1.807, 2.05) is 6.92 Å². The molecule has 3 aliphatic rings. The zero-order chi connectivity index (χ0) is 14.7. The lowest BCUT2D eigenvalue weighted by Crippen LogP contribution is -2.52. The van der Waals surface area contributed by atoms with Crippen LogP contribution in [0, 0.1) is 17.8 Å². The first-order valence-corrected chi connectivity index (χ1v) is 9.25. The summed E-state index contributed by atoms with van der Waals surface area (Å²) in [6, 6.07) is 0.540. The number of nitrogens with zero attached hydrogens (tertiary/aromatic N) is 1. The van der Waals surface area contributed by atoms with Crippen molar-refractivity contribution >= 4 is 5.91 Å². The van der Waals surface area contributed by atoms with Crippen LogP contribution in [0.25, 0.3) is 0 Å². The quantitative estimate of drug-likeness (QED) is 0.815. The van der Waals surface area contributed by atoms with E-state index in [0.717, 1.165) is 30.8 Å². The highest BCUT2D eigenvalue weighted by atomic mass is 16.2. The van der Waals surface area contributed by atoms with Crippen molar-refractivity contribution in [2.24, 2.45) is 17.8 Å². The van der Waals surface area contributed by atoms with E-state index in [9.17, 15) is 4.79 Å². The van der Waals surface area contributed by atoms with Crippen LogP contribution in [-0.4, -0.2) is 36.5 Å². The molecule has 2 saturated carbocycles. The highest BCUT2D eigenvalue weighted by Crippen LogP contribution is 2.38. The summed E-state index contributed by atoms with van der Waals surface area (Å²) in [6.45, 7) is 5.13. The maximum absolute atomic E-state index is 12.1. The Hall–Kier alpha value is -0.570. The molecule has 0 spiro atoms. The van der Waals surface area contributed by atoms with Crippen molar-refractivity contribution < 1.29 is 4.79 Å². The van der Waals surface area contributed by atoms with E-state index < -0.39 is 0 Å². The number of likely N-dealkylation sites (tertiary alicyclic amines) is 1. The summed E-state index contributed by atoms with van der Waals surface area (Å²) in [6.07, 6.45) is 11.8. The summed E-state index contributed by atoms with van der Waals surface area (Å²) >= 11 is 0. The van der Waals surface area contributed by atoms with Gasteiger partial charge in [-0.05, 0) is 50.0 Å². The molecule has 1 N–H and O–H groups in total. The van der Waals surface area contributed by atoms with Crippen molar-refractivity contribution in [3.8, 4) is 0 Å². The Bertz CT molecular complexity index is 347. The van der Waals surface area contributed by atoms with Crippen molar-refractivity contribution in [2.75, 3.05) is 19.6 Å². The smallest absolute Gasteiger partial charge is 0.222 e. The molecule has 1 heterocycles. The molecule has 3 rings (SSSR count). The van der Waals surface area contributed by atoms with Crippen LogP contribution in [0.4, 0.5) is 0 Å². The average Bonchev–Trinajstić information content (AvgIpc) is 3.15. The van der Waals surface area contributed by atoms with Crippen LogP contribution in [0.1, 0.15) is 64.7 Å². The molecule has 3 nitrogen and oxygen atoms in total. The van der Waals surface area contributed by atoms with Crippen LogP contribution >= 0.6 is 0 Å². The molecule has 0 aromatic heterocycles. The number of nitrogens with one attached hydrogen (secondary N) is 1. The van der Waals surface area contributed by atoms with E-state index in [4.69, 9.17) is 0 Å². The Kier molecular flexibility index (Phi) is 5.20. The molecule has 1 saturated heterocycles. The predicted octanol–water partition coefficient (Wildman–Crippen LogP) is 3.19. The van der Waals surface area contributed by atoms with Gasteiger partial charge >= 0.3 is 0 Å². The zero-order valence-corrected chi connectivity index (χ0v) is 13.7. The van der Waals surface area contributed by atoms with E-state index in [0.29, 0.717) is 18.4 Å². The van der Waals surface area contributed by atoms with E-state index in [-0.39, 0.29) is 0 Å². The lowest BCUT2D eigenvalue weighted by molar-refractivity contribution is -0.133. The lowest BCUT2D eigenvalue weighted by atomic mass is 9.89. The monoisotopic (exact) mass is 292 g/mol. The van der Waals surface area contributed by atoms with Gasteiger partial charge in [-0.3, -0.25) is 4.79 Å². The van der Waals surface area contributed by atoms with E-state index >= 15 is 0 Å². The minimum absolute atomic E-state index is 0.350. The van der Waals surface area contributed by atoms with Gasteiger partial charge in [0.15, 0.2) is 0 Å². The molecule has 2 aliphatic carbocycles. The second-order valence-corrected chi connectivity index (χ2v) is 7.69. The molecule has 3 fully saturated rings. The Morgan fingerprint density at radius 3 is 2.48 bits per heavy atom. The normalized spacial score (nSPS) is 30.8. The zero-order valence-electron chi connectivity index (χ0n) is 13.7. The first-order valence-electron chi connectivity index (χ1n) is 9.25. The SMILES string of the molecule is CCC(=O)N1CC(CC2CC2)CC(NCC2CCCC2)C1. The molecular weight excluding hydrogens is 260 g/mol. The number of amides is 1. The van der Waals surface area contributed by atoms with Gasteiger partial charge in [0.25, 0.3) is 0 Å². The first-order chi connectivity index (χ1) is 10.2. The molecule has 0 aromatic rings. The van der Waals surface area contributed by atoms with Gasteiger partial charge in [0.2, 0.25) is 5.91 Å². The largest absolute Gasteiger partial charge is 0.341 e. The molecule has 3 heteroatoms. The molecule has 21 heavy (non-hydrogen) atoms. The third kappa shape index (κ3) is 4.45. The van der Waals surface area contributed by atoms with Gasteiger partial charge in [0.05, 0.1) is 0 Å². The van der Waals surface area contributed by atoms with Gasteiger partial charge < -0.3 is 10.2 Å². The van der Waals surface area contributed by atoms with Crippen LogP contribution in [0.2, 0.25) is 0 Å². The maximum Gasteiger partial charge on any atom is 0.222 e. The number of rotatable bonds is 6. The van der Waals surface area contributed by atoms with Crippen LogP contribution in [-0.2, 0) is 4.79 Å². The van der Waals surface area contributed by atoms with E-state index in [2.05, 4.69) is 10.2 Å². The topological polar surface area (TPSA) is 32.3 Å². The fourth-order valence-corrected chi connectivity index (χ4v) is 4.32. The van der Waals surface area contributed by atoms with Gasteiger partial charge in [-0.25, -0.2) is 0 Å². The van der Waals surface area contributed by atoms with Gasteiger partial charge in [-0.1, -0.05) is 32.6 Å². The second-order valence-electron chi connectivity index (χ2n) is 7.69. The average molecular weight is 292 g/mol. The van der Waals surface area contributed by atoms with Crippen molar-refractivity contribution in [3.05, 3.63) is 0 Å². The molecule has 120 valence electrons. The van der Waals surface area contributed by atoms with Gasteiger partial charge in [-0.15, -0.1) is 0 Å². The van der Waals surface area contributed by atoms with Crippen LogP contribution < -0.4 is 5.32 Å². The molecule has 0 aromatic carbocycles. The molecule has 0 bridgehead atoms. The number of carbonyl (C=O) groups excluding carboxylic acids is 1. The van der Waals surface area contributed by atoms with Crippen molar-refractivity contribution in [2.45, 2.75) is 70.8 Å². The fourth-order valence-electron chi connectivity index (χ4n) is 4.32. The molecule has 0 radical (unpaired) electrons. The Labute approximate surface area is 129 Å². The van der Waals surface area contributed by atoms with E-state index in [1.165, 1.54) is 57.9 Å². The van der Waals surface area contributed by atoms with Crippen LogP contribution in [0.15, 0.2) is 0 Å². The minimum atomic E-state index is 0.350. The first kappa shape index (κ1) is 15.3. The van der Waals surface area contributed by atoms with Gasteiger partial charge in [0, 0.05) is 25.6 Å². The molecule has 1 amide bonds. The Balaban J connectivity index is 1.51. The Morgan fingerprint density at radius 1 is 1.05 bits per heavy atom. The van der Waals surface area contributed by atoms with Crippen molar-refractivity contribution in [1.29, 1.82) is 0 Å². The summed E-state index contributed by atoms with van der Waals surface area (Å²) in [5.74, 6) is 2.96. The second kappa shape index (κ2) is 7.13. The molecule has 1 aliphatic heterocycles. The predicted molar refractivity (Wildman–Crippen MR) is 86.1 cm³/mol. The summed E-state index contributed by atoms with van der Waals surface area (Å²) in [5, 5.41) is 3.80. The lowest BCUT2D eigenvalue weighted by Gasteiger charge is -2.39. The maximum atomic E-state index is 12.1. The molecule has 2 atom stereocenters.